The summed E-state index contributed by atoms with van der Waals surface area (Å²) in [6, 6.07) is 11.6. The van der Waals surface area contributed by atoms with Crippen molar-refractivity contribution in [2.75, 3.05) is 20.7 Å². The summed E-state index contributed by atoms with van der Waals surface area (Å²) >= 11 is 6.84. The summed E-state index contributed by atoms with van der Waals surface area (Å²) in [6.07, 6.45) is 2.04. The zero-order valence-electron chi connectivity index (χ0n) is 18.9. The van der Waals surface area contributed by atoms with Crippen molar-refractivity contribution >= 4 is 17.5 Å². The van der Waals surface area contributed by atoms with Crippen LogP contribution in [0.4, 0.5) is 4.39 Å². The lowest BCUT2D eigenvalue weighted by Gasteiger charge is -2.35. The van der Waals surface area contributed by atoms with Crippen molar-refractivity contribution in [3.63, 3.8) is 0 Å². The van der Waals surface area contributed by atoms with Gasteiger partial charge in [0.2, 0.25) is 5.91 Å². The van der Waals surface area contributed by atoms with E-state index in [9.17, 15) is 4.79 Å². The molecule has 0 bridgehead atoms. The third-order valence-corrected chi connectivity index (χ3v) is 7.31. The van der Waals surface area contributed by atoms with E-state index in [0.29, 0.717) is 30.0 Å². The first-order valence-electron chi connectivity index (χ1n) is 11.1. The first-order chi connectivity index (χ1) is 16.4. The number of nitrogens with zero attached hydrogens (tertiary/aromatic N) is 2. The third-order valence-electron chi connectivity index (χ3n) is 6.92. The lowest BCUT2D eigenvalue weighted by Crippen LogP contribution is -2.41. The molecule has 5 rings (SSSR count). The fraction of sp³-hybridized carbons (Fsp3) is 0.360. The number of methoxy groups -OCH3 is 1. The largest absolute Gasteiger partial charge is 0.495 e. The molecular weight excluding hydrogens is 459 g/mol. The van der Waals surface area contributed by atoms with E-state index in [-0.39, 0.29) is 17.4 Å². The molecule has 3 unspecified atom stereocenters. The van der Waals surface area contributed by atoms with E-state index in [1.165, 1.54) is 13.3 Å². The number of halogens is 2. The van der Waals surface area contributed by atoms with Crippen molar-refractivity contribution in [2.45, 2.75) is 30.7 Å². The van der Waals surface area contributed by atoms with Gasteiger partial charge in [-0.3, -0.25) is 4.79 Å². The molecule has 0 saturated carbocycles. The van der Waals surface area contributed by atoms with Gasteiger partial charge >= 0.3 is 0 Å². The summed E-state index contributed by atoms with van der Waals surface area (Å²) in [5, 5.41) is 3.48. The number of carbonyl (C=O) groups is 1. The van der Waals surface area contributed by atoms with E-state index in [0.717, 1.165) is 11.1 Å². The monoisotopic (exact) mass is 484 g/mol. The first-order valence-corrected chi connectivity index (χ1v) is 11.5. The highest BCUT2D eigenvalue weighted by Gasteiger charge is 2.49. The zero-order valence-corrected chi connectivity index (χ0v) is 19.7. The van der Waals surface area contributed by atoms with E-state index in [1.807, 2.05) is 37.4 Å². The molecule has 2 aromatic carbocycles. The molecule has 1 aromatic heterocycles. The lowest BCUT2D eigenvalue weighted by molar-refractivity contribution is -0.124. The Kier molecular flexibility index (Phi) is 5.73. The number of carbonyl (C=O) groups excluding carboxylic acids is 1. The second-order valence-electron chi connectivity index (χ2n) is 8.83. The molecule has 1 amide bonds. The minimum atomic E-state index is -1.58. The lowest BCUT2D eigenvalue weighted by atomic mass is 9.75. The Balaban J connectivity index is 1.70. The van der Waals surface area contributed by atoms with E-state index >= 15 is 4.39 Å². The van der Waals surface area contributed by atoms with E-state index in [1.54, 1.807) is 16.8 Å². The van der Waals surface area contributed by atoms with Gasteiger partial charge in [-0.15, -0.1) is 0 Å². The van der Waals surface area contributed by atoms with Crippen LogP contribution in [-0.4, -0.2) is 36.2 Å². The van der Waals surface area contributed by atoms with Gasteiger partial charge in [-0.2, -0.15) is 0 Å². The topological polar surface area (TPSA) is 91.4 Å². The molecule has 4 atom stereocenters. The number of amides is 1. The van der Waals surface area contributed by atoms with E-state index < -0.39 is 29.5 Å². The van der Waals surface area contributed by atoms with E-state index in [4.69, 9.17) is 26.8 Å². The summed E-state index contributed by atoms with van der Waals surface area (Å²) in [7, 11) is 3.35. The summed E-state index contributed by atoms with van der Waals surface area (Å²) in [5.41, 5.74) is 7.28. The molecular formula is C25H26ClFN4O3. The number of ether oxygens (including phenoxy) is 2. The van der Waals surface area contributed by atoms with Crippen molar-refractivity contribution in [3.8, 4) is 11.5 Å². The molecule has 0 fully saturated rings. The highest BCUT2D eigenvalue weighted by molar-refractivity contribution is 6.33. The molecule has 178 valence electrons. The van der Waals surface area contributed by atoms with E-state index in [2.05, 4.69) is 10.3 Å². The molecule has 0 aliphatic carbocycles. The fourth-order valence-corrected chi connectivity index (χ4v) is 5.76. The van der Waals surface area contributed by atoms with Crippen molar-refractivity contribution in [3.05, 3.63) is 76.3 Å². The van der Waals surface area contributed by atoms with Crippen molar-refractivity contribution in [1.29, 1.82) is 0 Å². The quantitative estimate of drug-likeness (QED) is 0.558. The molecule has 0 saturated heterocycles. The van der Waals surface area contributed by atoms with Gasteiger partial charge in [0, 0.05) is 49.5 Å². The molecule has 3 heterocycles. The van der Waals surface area contributed by atoms with Crippen LogP contribution in [-0.2, 0) is 23.4 Å². The summed E-state index contributed by atoms with van der Waals surface area (Å²) < 4.78 is 29.8. The number of alkyl halides is 1. The van der Waals surface area contributed by atoms with Crippen LogP contribution in [0.15, 0.2) is 48.8 Å². The average molecular weight is 485 g/mol. The molecule has 0 spiro atoms. The highest BCUT2D eigenvalue weighted by atomic mass is 35.5. The molecule has 2 aliphatic rings. The number of fused-ring (bicyclic) bond motifs is 2. The second-order valence-corrected chi connectivity index (χ2v) is 9.20. The predicted octanol–water partition coefficient (Wildman–Crippen LogP) is 3.50. The molecule has 34 heavy (non-hydrogen) atoms. The number of nitrogens with two attached hydrogens (primary N) is 1. The van der Waals surface area contributed by atoms with Gasteiger partial charge in [-0.05, 0) is 18.2 Å². The SMILES string of the molecule is CNC[C@@]1(c2ccccc2)Cc2c(cc(OC)c(Cl)c2C2C(C(N)=O)Cn3ccnc3C2F)O1. The van der Waals surface area contributed by atoms with Gasteiger partial charge in [0.25, 0.3) is 0 Å². The van der Waals surface area contributed by atoms with Gasteiger partial charge in [0.15, 0.2) is 11.8 Å². The number of aromatic nitrogens is 2. The molecule has 9 heteroatoms. The van der Waals surface area contributed by atoms with Crippen LogP contribution < -0.4 is 20.5 Å². The Morgan fingerprint density at radius 1 is 1.41 bits per heavy atom. The summed E-state index contributed by atoms with van der Waals surface area (Å²) in [6.45, 7) is 0.734. The number of benzene rings is 2. The summed E-state index contributed by atoms with van der Waals surface area (Å²) in [4.78, 5) is 16.7. The molecule has 3 aromatic rings. The van der Waals surface area contributed by atoms with Crippen LogP contribution in [0.2, 0.25) is 5.02 Å². The van der Waals surface area contributed by atoms with Crippen LogP contribution in [0.5, 0.6) is 11.5 Å². The first kappa shape index (κ1) is 22.7. The molecule has 2 aliphatic heterocycles. The number of likely N-dealkylation sites (N-methyl/N-ethyl adjacent to an activating group) is 1. The van der Waals surface area contributed by atoms with Gasteiger partial charge in [0.1, 0.15) is 17.3 Å². The maximum atomic E-state index is 16.1. The van der Waals surface area contributed by atoms with Crippen molar-refractivity contribution in [1.82, 2.24) is 14.9 Å². The Morgan fingerprint density at radius 2 is 2.18 bits per heavy atom. The van der Waals surface area contributed by atoms with Crippen LogP contribution in [0, 0.1) is 5.92 Å². The van der Waals surface area contributed by atoms with Crippen LogP contribution in [0.25, 0.3) is 0 Å². The number of imidazole rings is 1. The average Bonchev–Trinajstić information content (AvgIpc) is 3.45. The van der Waals surface area contributed by atoms with Crippen LogP contribution in [0.1, 0.15) is 34.6 Å². The maximum Gasteiger partial charge on any atom is 0.223 e. The standard InChI is InChI=1S/C25H26ClFN4O3/c1-29-13-25(14-6-4-3-5-7-14)11-15-17(34-25)10-18(33-2)21(26)19(15)20-16(23(28)32)12-31-9-8-30-24(31)22(20)27/h3-10,16,20,22,29H,11-13H2,1-2H3,(H2,28,32)/t16?,20?,22?,25-/m1/s1. The maximum absolute atomic E-state index is 16.1. The second kappa shape index (κ2) is 8.60. The summed E-state index contributed by atoms with van der Waals surface area (Å²) in [5.74, 6) is -1.18. The fourth-order valence-electron chi connectivity index (χ4n) is 5.39. The van der Waals surface area contributed by atoms with Crippen molar-refractivity contribution in [2.24, 2.45) is 11.7 Å². The van der Waals surface area contributed by atoms with Crippen LogP contribution in [0.3, 0.4) is 0 Å². The number of rotatable bonds is 6. The number of primary amides is 1. The molecule has 7 nitrogen and oxygen atoms in total. The number of hydrogen-bond acceptors (Lipinski definition) is 5. The van der Waals surface area contributed by atoms with Gasteiger partial charge < -0.3 is 25.1 Å². The molecule has 0 radical (unpaired) electrons. The van der Waals surface area contributed by atoms with Crippen LogP contribution >= 0.6 is 11.6 Å². The van der Waals surface area contributed by atoms with Gasteiger partial charge in [0.05, 0.1) is 18.1 Å². The highest BCUT2D eigenvalue weighted by Crippen LogP contribution is 2.54. The zero-order chi connectivity index (χ0) is 24.0. The minimum Gasteiger partial charge on any atom is -0.495 e. The molecule has 3 N–H and O–H groups in total. The normalized spacial score (nSPS) is 25.4. The number of hydrogen-bond donors (Lipinski definition) is 2. The Hall–Kier alpha value is -3.10. The van der Waals surface area contributed by atoms with Crippen molar-refractivity contribution < 1.29 is 18.7 Å². The minimum absolute atomic E-state index is 0.221. The third kappa shape index (κ3) is 3.44. The van der Waals surface area contributed by atoms with Gasteiger partial charge in [-0.1, -0.05) is 41.9 Å². The Labute approximate surface area is 202 Å². The predicted molar refractivity (Wildman–Crippen MR) is 126 cm³/mol. The number of nitrogens with one attached hydrogen (secondary N) is 1. The Morgan fingerprint density at radius 3 is 2.85 bits per heavy atom. The smallest absolute Gasteiger partial charge is 0.223 e. The van der Waals surface area contributed by atoms with Gasteiger partial charge in [-0.25, -0.2) is 9.37 Å². The Bertz CT molecular complexity index is 1230.